The Hall–Kier alpha value is -3.47. The highest BCUT2D eigenvalue weighted by molar-refractivity contribution is 14.1. The summed E-state index contributed by atoms with van der Waals surface area (Å²) < 4.78 is 27.4. The molecule has 14 heteroatoms. The first-order valence-electron chi connectivity index (χ1n) is 13.1. The molecule has 1 unspecified atom stereocenters. The largest absolute Gasteiger partial charge is 0.492 e. The quantitative estimate of drug-likeness (QED) is 0.123. The van der Waals surface area contributed by atoms with Gasteiger partial charge in [0.25, 0.3) is 5.91 Å². The number of nitrogens with one attached hydrogen (secondary N) is 2. The standard InChI is InChI=1S/C27H30FIN8O4/c1-17-23(41-7-2-5-36-6-8-40-15-21(36)14-38)13-37-24(17)25(32-16-33-37)34-20-11-30-27(31-12-20)35-26(39)18-3-4-22(28)19(9-18)10-29/h3-4,9,11-13,16,21,38H,2,5-8,10,14-15H2,1H3,(H,32,33,34)(H,30,31,35,39). The Morgan fingerprint density at radius 1 is 1.29 bits per heavy atom. The number of aromatic nitrogens is 5. The minimum atomic E-state index is -0.427. The predicted octanol–water partition coefficient (Wildman–Crippen LogP) is 3.36. The molecule has 3 aromatic heterocycles. The van der Waals surface area contributed by atoms with E-state index in [1.54, 1.807) is 4.52 Å². The van der Waals surface area contributed by atoms with Gasteiger partial charge in [0.15, 0.2) is 5.82 Å². The summed E-state index contributed by atoms with van der Waals surface area (Å²) in [5, 5.41) is 19.7. The lowest BCUT2D eigenvalue weighted by Crippen LogP contribution is -2.47. The molecular weight excluding hydrogens is 646 g/mol. The summed E-state index contributed by atoms with van der Waals surface area (Å²) in [6.07, 6.45) is 7.12. The number of hydrogen-bond donors (Lipinski definition) is 3. The molecule has 3 N–H and O–H groups in total. The highest BCUT2D eigenvalue weighted by Crippen LogP contribution is 2.29. The first-order chi connectivity index (χ1) is 20.0. The number of carbonyl (C=O) groups excluding carboxylic acids is 1. The van der Waals surface area contributed by atoms with Crippen LogP contribution in [0, 0.1) is 12.7 Å². The molecule has 4 heterocycles. The number of carbonyl (C=O) groups is 1. The van der Waals surface area contributed by atoms with E-state index in [-0.39, 0.29) is 24.4 Å². The molecule has 0 saturated carbocycles. The van der Waals surface area contributed by atoms with Crippen molar-refractivity contribution < 1.29 is 23.8 Å². The third-order valence-electron chi connectivity index (χ3n) is 6.78. The molecule has 1 saturated heterocycles. The van der Waals surface area contributed by atoms with Crippen molar-refractivity contribution in [3.05, 3.63) is 65.6 Å². The van der Waals surface area contributed by atoms with E-state index in [0.717, 1.165) is 30.6 Å². The second-order valence-electron chi connectivity index (χ2n) is 9.48. The van der Waals surface area contributed by atoms with Gasteiger partial charge in [0.1, 0.15) is 23.4 Å². The van der Waals surface area contributed by atoms with E-state index >= 15 is 0 Å². The molecule has 0 radical (unpaired) electrons. The highest BCUT2D eigenvalue weighted by Gasteiger charge is 2.22. The summed E-state index contributed by atoms with van der Waals surface area (Å²) >= 11 is 2.05. The molecular formula is C27H30FIN8O4. The lowest BCUT2D eigenvalue weighted by molar-refractivity contribution is -0.0287. The summed E-state index contributed by atoms with van der Waals surface area (Å²) in [5.41, 5.74) is 2.96. The van der Waals surface area contributed by atoms with Crippen LogP contribution in [0.2, 0.25) is 0 Å². The van der Waals surface area contributed by atoms with E-state index < -0.39 is 5.91 Å². The van der Waals surface area contributed by atoms with Crippen molar-refractivity contribution in [2.75, 3.05) is 50.2 Å². The van der Waals surface area contributed by atoms with Gasteiger partial charge in [0.2, 0.25) is 5.95 Å². The van der Waals surface area contributed by atoms with E-state index in [2.05, 4.69) is 35.6 Å². The van der Waals surface area contributed by atoms with Gasteiger partial charge in [-0.3, -0.25) is 15.0 Å². The Kier molecular flexibility index (Phi) is 9.53. The minimum absolute atomic E-state index is 0.0318. The van der Waals surface area contributed by atoms with Crippen molar-refractivity contribution in [3.8, 4) is 5.75 Å². The smallest absolute Gasteiger partial charge is 0.258 e. The van der Waals surface area contributed by atoms with Crippen LogP contribution in [0.25, 0.3) is 5.52 Å². The first kappa shape index (κ1) is 29.0. The third kappa shape index (κ3) is 6.89. The summed E-state index contributed by atoms with van der Waals surface area (Å²) in [7, 11) is 0. The molecule has 0 aliphatic carbocycles. The number of benzene rings is 1. The number of fused-ring (bicyclic) bond motifs is 1. The molecule has 0 bridgehead atoms. The third-order valence-corrected chi connectivity index (χ3v) is 7.60. The molecule has 216 valence electrons. The normalized spacial score (nSPS) is 15.7. The van der Waals surface area contributed by atoms with Crippen LogP contribution >= 0.6 is 22.6 Å². The number of halogens is 2. The fourth-order valence-corrected chi connectivity index (χ4v) is 5.15. The van der Waals surface area contributed by atoms with Crippen LogP contribution in [0.15, 0.2) is 43.1 Å². The van der Waals surface area contributed by atoms with E-state index in [1.807, 2.05) is 35.7 Å². The number of ether oxygens (including phenoxy) is 2. The maximum atomic E-state index is 13.8. The van der Waals surface area contributed by atoms with Crippen LogP contribution in [0.1, 0.15) is 27.9 Å². The van der Waals surface area contributed by atoms with E-state index in [4.69, 9.17) is 9.47 Å². The summed E-state index contributed by atoms with van der Waals surface area (Å²) in [6.45, 7) is 5.38. The summed E-state index contributed by atoms with van der Waals surface area (Å²) in [5.74, 6) is 0.591. The Morgan fingerprint density at radius 3 is 2.90 bits per heavy atom. The molecule has 1 aromatic carbocycles. The zero-order valence-corrected chi connectivity index (χ0v) is 24.5. The average molecular weight is 676 g/mol. The number of morpholine rings is 1. The molecule has 1 amide bonds. The van der Waals surface area contributed by atoms with Gasteiger partial charge in [0.05, 0.1) is 56.7 Å². The number of anilines is 3. The molecule has 1 fully saturated rings. The van der Waals surface area contributed by atoms with Crippen LogP contribution in [0.4, 0.5) is 21.8 Å². The molecule has 1 atom stereocenters. The van der Waals surface area contributed by atoms with Crippen molar-refractivity contribution in [2.24, 2.45) is 0 Å². The van der Waals surface area contributed by atoms with Gasteiger partial charge in [-0.2, -0.15) is 5.10 Å². The monoisotopic (exact) mass is 676 g/mol. The minimum Gasteiger partial charge on any atom is -0.492 e. The van der Waals surface area contributed by atoms with Crippen molar-refractivity contribution >= 4 is 51.5 Å². The molecule has 12 nitrogen and oxygen atoms in total. The van der Waals surface area contributed by atoms with Gasteiger partial charge in [-0.15, -0.1) is 0 Å². The fraction of sp³-hybridized carbons (Fsp3) is 0.370. The van der Waals surface area contributed by atoms with Crippen LogP contribution in [-0.4, -0.2) is 86.0 Å². The number of hydrogen-bond acceptors (Lipinski definition) is 10. The summed E-state index contributed by atoms with van der Waals surface area (Å²) in [4.78, 5) is 27.6. The van der Waals surface area contributed by atoms with Gasteiger partial charge < -0.3 is 19.9 Å². The van der Waals surface area contributed by atoms with Crippen LogP contribution in [0.5, 0.6) is 5.75 Å². The second-order valence-corrected chi connectivity index (χ2v) is 10.2. The number of amides is 1. The van der Waals surface area contributed by atoms with Gasteiger partial charge in [0, 0.05) is 28.6 Å². The zero-order valence-electron chi connectivity index (χ0n) is 22.4. The van der Waals surface area contributed by atoms with E-state index in [0.29, 0.717) is 52.6 Å². The number of aliphatic hydroxyl groups is 1. The average Bonchev–Trinajstić information content (AvgIpc) is 3.32. The Labute approximate surface area is 249 Å². The van der Waals surface area contributed by atoms with Gasteiger partial charge in [-0.05, 0) is 37.1 Å². The van der Waals surface area contributed by atoms with Crippen LogP contribution in [-0.2, 0) is 9.16 Å². The van der Waals surface area contributed by atoms with Gasteiger partial charge in [-0.1, -0.05) is 22.6 Å². The van der Waals surface area contributed by atoms with Crippen LogP contribution in [0.3, 0.4) is 0 Å². The predicted molar refractivity (Wildman–Crippen MR) is 158 cm³/mol. The number of rotatable bonds is 11. The van der Waals surface area contributed by atoms with Crippen molar-refractivity contribution in [1.82, 2.24) is 29.5 Å². The highest BCUT2D eigenvalue weighted by atomic mass is 127. The van der Waals surface area contributed by atoms with Crippen molar-refractivity contribution in [3.63, 3.8) is 0 Å². The molecule has 41 heavy (non-hydrogen) atoms. The zero-order chi connectivity index (χ0) is 28.8. The molecule has 1 aliphatic rings. The van der Waals surface area contributed by atoms with Gasteiger partial charge >= 0.3 is 0 Å². The first-order valence-corrected chi connectivity index (χ1v) is 14.6. The number of aliphatic hydroxyl groups excluding tert-OH is 1. The maximum Gasteiger partial charge on any atom is 0.258 e. The molecule has 1 aliphatic heterocycles. The van der Waals surface area contributed by atoms with Gasteiger partial charge in [-0.25, -0.2) is 23.9 Å². The van der Waals surface area contributed by atoms with Crippen molar-refractivity contribution in [2.45, 2.75) is 23.8 Å². The SMILES string of the molecule is Cc1c(OCCCN2CCOCC2CO)cn2ncnc(Nc3cnc(NC(=O)c4ccc(F)c(CI)c4)nc3)c12. The Morgan fingerprint density at radius 2 is 2.12 bits per heavy atom. The fourth-order valence-electron chi connectivity index (χ4n) is 4.56. The van der Waals surface area contributed by atoms with E-state index in [1.165, 1.54) is 36.9 Å². The molecule has 0 spiro atoms. The van der Waals surface area contributed by atoms with Crippen molar-refractivity contribution in [1.29, 1.82) is 0 Å². The topological polar surface area (TPSA) is 139 Å². The number of alkyl halides is 1. The van der Waals surface area contributed by atoms with E-state index in [9.17, 15) is 14.3 Å². The number of nitrogens with zero attached hydrogens (tertiary/aromatic N) is 6. The molecule has 4 aromatic rings. The second kappa shape index (κ2) is 13.5. The summed E-state index contributed by atoms with van der Waals surface area (Å²) in [6, 6.07) is 4.25. The lowest BCUT2D eigenvalue weighted by Gasteiger charge is -2.34. The Balaban J connectivity index is 1.21. The van der Waals surface area contributed by atoms with Crippen LogP contribution < -0.4 is 15.4 Å². The lowest BCUT2D eigenvalue weighted by atomic mass is 10.1. The molecule has 5 rings (SSSR count). The Bertz CT molecular complexity index is 1500. The maximum absolute atomic E-state index is 13.8. The number of aryl methyl sites for hydroxylation is 1.